The predicted molar refractivity (Wildman–Crippen MR) is 210 cm³/mol. The van der Waals surface area contributed by atoms with Gasteiger partial charge in [0.2, 0.25) is 5.91 Å². The second-order valence-corrected chi connectivity index (χ2v) is 17.2. The number of amides is 1. The van der Waals surface area contributed by atoms with Crippen molar-refractivity contribution in [3.63, 3.8) is 0 Å². The Balaban J connectivity index is 1.56. The number of hydrogen-bond acceptors (Lipinski definition) is 29. The highest BCUT2D eigenvalue weighted by Gasteiger charge is 2.58. The van der Waals surface area contributed by atoms with E-state index >= 15 is 0 Å². The average molecular weight is 1000 g/mol. The second-order valence-electron chi connectivity index (χ2n) is 17.2. The van der Waals surface area contributed by atoms with E-state index in [2.05, 4.69) is 5.32 Å². The molecule has 398 valence electrons. The van der Waals surface area contributed by atoms with Crippen molar-refractivity contribution < 1.29 is 144 Å². The molecule has 19 N–H and O–H groups in total. The summed E-state index contributed by atoms with van der Waals surface area (Å²) in [5, 5.41) is 193. The number of nitrogens with one attached hydrogen (secondary N) is 1. The molecule has 0 aliphatic carbocycles. The number of ether oxygens (including phenoxy) is 10. The lowest BCUT2D eigenvalue weighted by Gasteiger charge is -2.51. The van der Waals surface area contributed by atoms with Crippen LogP contribution in [0.2, 0.25) is 0 Å². The van der Waals surface area contributed by atoms with Gasteiger partial charge in [-0.15, -0.1) is 0 Å². The molecule has 5 saturated heterocycles. The summed E-state index contributed by atoms with van der Waals surface area (Å²) in [5.74, 6) is -0.899. The molecule has 5 aliphatic rings. The van der Waals surface area contributed by atoms with Crippen molar-refractivity contribution in [1.82, 2.24) is 5.32 Å². The summed E-state index contributed by atoms with van der Waals surface area (Å²) in [7, 11) is 0. The first kappa shape index (κ1) is 57.3. The van der Waals surface area contributed by atoms with Crippen LogP contribution in [0, 0.1) is 0 Å². The van der Waals surface area contributed by atoms with Crippen molar-refractivity contribution in [2.75, 3.05) is 33.0 Å². The summed E-state index contributed by atoms with van der Waals surface area (Å²) in [6.45, 7) is -1.81. The Labute approximate surface area is 386 Å². The lowest BCUT2D eigenvalue weighted by atomic mass is 9.94. The van der Waals surface area contributed by atoms with Gasteiger partial charge in [0.15, 0.2) is 31.5 Å². The molecule has 5 rings (SSSR count). The molecule has 5 fully saturated rings. The number of carbonyl (C=O) groups excluding carboxylic acids is 1. The summed E-state index contributed by atoms with van der Waals surface area (Å²) in [4.78, 5) is 12.9. The Morgan fingerprint density at radius 3 is 1.38 bits per heavy atom. The van der Waals surface area contributed by atoms with Gasteiger partial charge in [-0.1, -0.05) is 0 Å². The van der Waals surface area contributed by atoms with E-state index in [1.807, 2.05) is 0 Å². The molecule has 5 heterocycles. The zero-order chi connectivity index (χ0) is 50.6. The maximum Gasteiger partial charge on any atom is 0.217 e. The molecular weight excluding hydrogens is 934 g/mol. The van der Waals surface area contributed by atoms with E-state index in [0.29, 0.717) is 0 Å². The van der Waals surface area contributed by atoms with Gasteiger partial charge in [0.25, 0.3) is 0 Å². The fraction of sp³-hybridized carbons (Fsp3) is 0.974. The fourth-order valence-electron chi connectivity index (χ4n) is 8.35. The van der Waals surface area contributed by atoms with Crippen LogP contribution in [0.3, 0.4) is 0 Å². The van der Waals surface area contributed by atoms with Crippen molar-refractivity contribution in [2.24, 2.45) is 0 Å². The van der Waals surface area contributed by atoms with Crippen molar-refractivity contribution in [1.29, 1.82) is 0 Å². The summed E-state index contributed by atoms with van der Waals surface area (Å²) in [5.41, 5.74) is 0. The largest absolute Gasteiger partial charge is 0.394 e. The molecule has 0 saturated carbocycles. The first-order valence-corrected chi connectivity index (χ1v) is 21.8. The molecule has 30 heteroatoms. The zero-order valence-corrected chi connectivity index (χ0v) is 36.8. The van der Waals surface area contributed by atoms with E-state index in [0.717, 1.165) is 6.92 Å². The topological polar surface area (TPSA) is 486 Å². The summed E-state index contributed by atoms with van der Waals surface area (Å²) in [6.07, 6.45) is -53.8. The van der Waals surface area contributed by atoms with E-state index in [-0.39, 0.29) is 0 Å². The Hall–Kier alpha value is -1.65. The predicted octanol–water partition coefficient (Wildman–Crippen LogP) is -12.3. The normalized spacial score (nSPS) is 47.8. The molecule has 0 spiro atoms. The Bertz CT molecular complexity index is 1550. The summed E-state index contributed by atoms with van der Waals surface area (Å²) < 4.78 is 58.4. The Morgan fingerprint density at radius 1 is 0.471 bits per heavy atom. The Kier molecular flexibility index (Phi) is 20.9. The van der Waals surface area contributed by atoms with Gasteiger partial charge < -0.3 is 145 Å². The number of rotatable bonds is 19. The van der Waals surface area contributed by atoms with E-state index < -0.39 is 217 Å². The molecule has 0 aromatic rings. The highest BCUT2D eigenvalue weighted by molar-refractivity contribution is 5.73. The Morgan fingerprint density at radius 2 is 0.897 bits per heavy atom. The molecule has 5 aliphatic heterocycles. The van der Waals surface area contributed by atoms with Gasteiger partial charge in [0.05, 0.1) is 45.2 Å². The quantitative estimate of drug-likeness (QED) is 0.0571. The van der Waals surface area contributed by atoms with Gasteiger partial charge in [0.1, 0.15) is 134 Å². The SMILES string of the molecule is CC(=O)N[C@H]1[C@H](O[C@H]2[C@@H](O)[C@@H](CO)O[C@@H](O[C@@H]([C@H](O)[C@@H](O)CO)[C@H](O)CO)[C@@H]2O[C@@H]2O[C@@H](C)[C@@H](O)[C@@H](O)[C@@H]2O)O[C@H](CO)[C@@H](O)[C@@H]1O[C@@H]1O[C@H](CO)[C@H](O)[C@H](O)[C@H]1O[C@@H]1O[C@@H](C)[C@@H](O)[C@@H](O)[C@@H]1O. The smallest absolute Gasteiger partial charge is 0.217 e. The lowest BCUT2D eigenvalue weighted by Crippen LogP contribution is -2.71. The maximum absolute atomic E-state index is 12.9. The van der Waals surface area contributed by atoms with E-state index in [9.17, 15) is 96.7 Å². The van der Waals surface area contributed by atoms with Crippen LogP contribution in [-0.4, -0.2) is 309 Å². The van der Waals surface area contributed by atoms with Crippen LogP contribution in [0.1, 0.15) is 20.8 Å². The number of carbonyl (C=O) groups is 1. The molecule has 29 atom stereocenters. The van der Waals surface area contributed by atoms with E-state index in [4.69, 9.17) is 47.4 Å². The molecule has 1 amide bonds. The van der Waals surface area contributed by atoms with Crippen LogP contribution >= 0.6 is 0 Å². The number of hydrogen-bond donors (Lipinski definition) is 19. The van der Waals surface area contributed by atoms with Gasteiger partial charge in [-0.3, -0.25) is 4.79 Å². The van der Waals surface area contributed by atoms with Crippen LogP contribution < -0.4 is 5.32 Å². The van der Waals surface area contributed by atoms with Crippen molar-refractivity contribution >= 4 is 5.91 Å². The first-order chi connectivity index (χ1) is 32.0. The van der Waals surface area contributed by atoms with Crippen LogP contribution in [0.4, 0.5) is 0 Å². The number of aliphatic hydroxyl groups excluding tert-OH is 18. The average Bonchev–Trinajstić information content (AvgIpc) is 3.31. The third-order valence-electron chi connectivity index (χ3n) is 12.4. The molecule has 0 bridgehead atoms. The third-order valence-corrected chi connectivity index (χ3v) is 12.4. The highest BCUT2D eigenvalue weighted by Crippen LogP contribution is 2.37. The van der Waals surface area contributed by atoms with Gasteiger partial charge >= 0.3 is 0 Å². The summed E-state index contributed by atoms with van der Waals surface area (Å²) in [6, 6.07) is -1.86. The van der Waals surface area contributed by atoms with Crippen LogP contribution in [0.25, 0.3) is 0 Å². The van der Waals surface area contributed by atoms with Crippen LogP contribution in [-0.2, 0) is 52.2 Å². The van der Waals surface area contributed by atoms with Crippen molar-refractivity contribution in [2.45, 2.75) is 199 Å². The van der Waals surface area contributed by atoms with E-state index in [1.54, 1.807) is 0 Å². The molecule has 30 nitrogen and oxygen atoms in total. The minimum atomic E-state index is -2.22. The molecule has 0 aromatic carbocycles. The van der Waals surface area contributed by atoms with Gasteiger partial charge in [0, 0.05) is 6.92 Å². The second kappa shape index (κ2) is 24.9. The monoisotopic (exact) mass is 1000 g/mol. The minimum absolute atomic E-state index is 0.899. The molecule has 0 unspecified atom stereocenters. The zero-order valence-electron chi connectivity index (χ0n) is 36.8. The van der Waals surface area contributed by atoms with Gasteiger partial charge in [-0.05, 0) is 13.8 Å². The first-order valence-electron chi connectivity index (χ1n) is 21.8. The van der Waals surface area contributed by atoms with E-state index in [1.165, 1.54) is 13.8 Å². The summed E-state index contributed by atoms with van der Waals surface area (Å²) >= 11 is 0. The fourth-order valence-corrected chi connectivity index (χ4v) is 8.35. The molecular formula is C38H67NO29. The lowest BCUT2D eigenvalue weighted by molar-refractivity contribution is -0.400. The molecule has 68 heavy (non-hydrogen) atoms. The van der Waals surface area contributed by atoms with Crippen LogP contribution in [0.15, 0.2) is 0 Å². The molecule has 0 aromatic heterocycles. The molecule has 0 radical (unpaired) electrons. The maximum atomic E-state index is 12.9. The number of aliphatic hydroxyl groups is 18. The standard InChI is InChI=1S/C38H67NO29/c1-9-18(48)24(54)27(57)35(59-9)67-32-26(56)21(51)14(6-42)62-37(32)65-30-17(39-11(3)45)34(61-15(7-43)22(30)52)66-31-23(53)16(8-44)63-38(64-29(13(47)5-41)20(50)12(46)4-40)33(31)68-36-28(58)25(55)19(49)10(2)60-36/h9-10,12-38,40-44,46-58H,4-8H2,1-3H3,(H,39,45)/t9-,10-,12-,13+,14+,15+,16+,17+,18+,19+,20+,21-,22+,23-,24+,25+,26-,27-,28-,29+,30+,31-,32+,33+,34-,35-,36-,37-,38-/m0/s1. The van der Waals surface area contributed by atoms with Gasteiger partial charge in [-0.2, -0.15) is 0 Å². The van der Waals surface area contributed by atoms with Crippen molar-refractivity contribution in [3.05, 3.63) is 0 Å². The van der Waals surface area contributed by atoms with Crippen molar-refractivity contribution in [3.8, 4) is 0 Å². The van der Waals surface area contributed by atoms with Crippen LogP contribution in [0.5, 0.6) is 0 Å². The third kappa shape index (κ3) is 12.4. The van der Waals surface area contributed by atoms with Gasteiger partial charge in [-0.25, -0.2) is 0 Å². The highest BCUT2D eigenvalue weighted by atomic mass is 16.8. The minimum Gasteiger partial charge on any atom is -0.394 e.